The van der Waals surface area contributed by atoms with Crippen LogP contribution in [-0.2, 0) is 4.79 Å². The minimum atomic E-state index is -0.0299. The van der Waals surface area contributed by atoms with Gasteiger partial charge in [-0.25, -0.2) is 0 Å². The zero-order chi connectivity index (χ0) is 12.8. The molecule has 0 radical (unpaired) electrons. The maximum Gasteiger partial charge on any atom is 0.239 e. The molecule has 0 atom stereocenters. The summed E-state index contributed by atoms with van der Waals surface area (Å²) in [6, 6.07) is 5.50. The maximum absolute atomic E-state index is 11.5. The summed E-state index contributed by atoms with van der Waals surface area (Å²) < 4.78 is 0.914. The number of halogens is 2. The second kappa shape index (κ2) is 6.87. The zero-order valence-electron chi connectivity index (χ0n) is 9.89. The summed E-state index contributed by atoms with van der Waals surface area (Å²) in [6.07, 6.45) is 0. The summed E-state index contributed by atoms with van der Waals surface area (Å²) in [7, 11) is 0. The third-order valence-electron chi connectivity index (χ3n) is 2.08. The SMILES string of the molecule is CC(C)CNC(=O)CNc1ccc(Br)cc1Cl. The molecule has 0 spiro atoms. The highest BCUT2D eigenvalue weighted by Crippen LogP contribution is 2.25. The topological polar surface area (TPSA) is 41.1 Å². The molecule has 0 fully saturated rings. The van der Waals surface area contributed by atoms with Gasteiger partial charge >= 0.3 is 0 Å². The molecule has 3 nitrogen and oxygen atoms in total. The lowest BCUT2D eigenvalue weighted by molar-refractivity contribution is -0.119. The number of hydrogen-bond donors (Lipinski definition) is 2. The normalized spacial score (nSPS) is 10.4. The molecule has 0 saturated heterocycles. The largest absolute Gasteiger partial charge is 0.375 e. The summed E-state index contributed by atoms with van der Waals surface area (Å²) in [4.78, 5) is 11.5. The van der Waals surface area contributed by atoms with Crippen molar-refractivity contribution in [3.63, 3.8) is 0 Å². The van der Waals surface area contributed by atoms with Crippen molar-refractivity contribution in [1.82, 2.24) is 5.32 Å². The Morgan fingerprint density at radius 2 is 2.18 bits per heavy atom. The number of hydrogen-bond acceptors (Lipinski definition) is 2. The Hall–Kier alpha value is -0.740. The van der Waals surface area contributed by atoms with Crippen LogP contribution in [0, 0.1) is 5.92 Å². The molecular weight excluding hydrogens is 304 g/mol. The summed E-state index contributed by atoms with van der Waals surface area (Å²) >= 11 is 9.34. The molecule has 0 heterocycles. The van der Waals surface area contributed by atoms with E-state index in [0.29, 0.717) is 17.5 Å². The first-order valence-corrected chi connectivity index (χ1v) is 6.61. The minimum absolute atomic E-state index is 0.0299. The molecule has 94 valence electrons. The van der Waals surface area contributed by atoms with Crippen LogP contribution in [0.5, 0.6) is 0 Å². The van der Waals surface area contributed by atoms with E-state index in [1.54, 1.807) is 6.07 Å². The van der Waals surface area contributed by atoms with Crippen molar-refractivity contribution in [2.75, 3.05) is 18.4 Å². The van der Waals surface area contributed by atoms with Crippen LogP contribution in [-0.4, -0.2) is 19.0 Å². The smallest absolute Gasteiger partial charge is 0.239 e. The van der Waals surface area contributed by atoms with E-state index < -0.39 is 0 Å². The molecule has 1 aromatic rings. The first kappa shape index (κ1) is 14.3. The molecule has 17 heavy (non-hydrogen) atoms. The Labute approximate surface area is 115 Å². The van der Waals surface area contributed by atoms with E-state index in [2.05, 4.69) is 40.4 Å². The molecule has 1 rings (SSSR count). The van der Waals surface area contributed by atoms with Gasteiger partial charge in [0.1, 0.15) is 0 Å². The molecule has 2 N–H and O–H groups in total. The average Bonchev–Trinajstić information content (AvgIpc) is 2.25. The average molecular weight is 320 g/mol. The quantitative estimate of drug-likeness (QED) is 0.874. The number of benzene rings is 1. The lowest BCUT2D eigenvalue weighted by Crippen LogP contribution is -2.32. The van der Waals surface area contributed by atoms with E-state index in [1.165, 1.54) is 0 Å². The first-order valence-electron chi connectivity index (χ1n) is 5.44. The molecule has 0 unspecified atom stereocenters. The van der Waals surface area contributed by atoms with Crippen LogP contribution < -0.4 is 10.6 Å². The van der Waals surface area contributed by atoms with Crippen LogP contribution in [0.25, 0.3) is 0 Å². The number of carbonyl (C=O) groups is 1. The van der Waals surface area contributed by atoms with Gasteiger partial charge in [-0.3, -0.25) is 4.79 Å². The Morgan fingerprint density at radius 1 is 1.47 bits per heavy atom. The van der Waals surface area contributed by atoms with Crippen LogP contribution >= 0.6 is 27.5 Å². The Kier molecular flexibility index (Phi) is 5.78. The van der Waals surface area contributed by atoms with Crippen molar-refractivity contribution >= 4 is 39.1 Å². The highest BCUT2D eigenvalue weighted by Gasteiger charge is 2.04. The molecule has 1 aromatic carbocycles. The van der Waals surface area contributed by atoms with E-state index in [1.807, 2.05) is 12.1 Å². The third kappa shape index (κ3) is 5.41. The fourth-order valence-electron chi connectivity index (χ4n) is 1.19. The Bertz CT molecular complexity index is 396. The molecule has 0 bridgehead atoms. The van der Waals surface area contributed by atoms with Gasteiger partial charge in [-0.2, -0.15) is 0 Å². The van der Waals surface area contributed by atoms with Crippen LogP contribution in [0.1, 0.15) is 13.8 Å². The highest BCUT2D eigenvalue weighted by atomic mass is 79.9. The number of carbonyl (C=O) groups excluding carboxylic acids is 1. The van der Waals surface area contributed by atoms with Gasteiger partial charge < -0.3 is 10.6 Å². The first-order chi connectivity index (χ1) is 7.99. The van der Waals surface area contributed by atoms with E-state index >= 15 is 0 Å². The van der Waals surface area contributed by atoms with Crippen LogP contribution in [0.2, 0.25) is 5.02 Å². The molecule has 1 amide bonds. The van der Waals surface area contributed by atoms with Crippen molar-refractivity contribution in [3.05, 3.63) is 27.7 Å². The molecule has 0 aliphatic heterocycles. The highest BCUT2D eigenvalue weighted by molar-refractivity contribution is 9.10. The molecule has 0 saturated carbocycles. The van der Waals surface area contributed by atoms with E-state index in [0.717, 1.165) is 10.2 Å². The zero-order valence-corrected chi connectivity index (χ0v) is 12.2. The molecule has 0 aliphatic carbocycles. The molecule has 5 heteroatoms. The van der Waals surface area contributed by atoms with E-state index in [4.69, 9.17) is 11.6 Å². The molecule has 0 aliphatic rings. The van der Waals surface area contributed by atoms with Gasteiger partial charge in [0.15, 0.2) is 0 Å². The van der Waals surface area contributed by atoms with Crippen molar-refractivity contribution in [3.8, 4) is 0 Å². The van der Waals surface area contributed by atoms with Gasteiger partial charge in [-0.1, -0.05) is 41.4 Å². The van der Waals surface area contributed by atoms with Crippen molar-refractivity contribution in [2.24, 2.45) is 5.92 Å². The summed E-state index contributed by atoms with van der Waals surface area (Å²) in [6.45, 7) is 5.03. The minimum Gasteiger partial charge on any atom is -0.375 e. The lowest BCUT2D eigenvalue weighted by atomic mass is 10.2. The van der Waals surface area contributed by atoms with Crippen molar-refractivity contribution in [1.29, 1.82) is 0 Å². The number of rotatable bonds is 5. The lowest BCUT2D eigenvalue weighted by Gasteiger charge is -2.10. The van der Waals surface area contributed by atoms with Crippen LogP contribution in [0.4, 0.5) is 5.69 Å². The van der Waals surface area contributed by atoms with Gasteiger partial charge in [0.2, 0.25) is 5.91 Å². The summed E-state index contributed by atoms with van der Waals surface area (Å²) in [5, 5.41) is 6.42. The van der Waals surface area contributed by atoms with Crippen molar-refractivity contribution < 1.29 is 4.79 Å². The third-order valence-corrected chi connectivity index (χ3v) is 2.88. The van der Waals surface area contributed by atoms with Gasteiger partial charge in [0, 0.05) is 11.0 Å². The van der Waals surface area contributed by atoms with Crippen LogP contribution in [0.3, 0.4) is 0 Å². The standard InChI is InChI=1S/C12H16BrClN2O/c1-8(2)6-16-12(17)7-15-11-4-3-9(13)5-10(11)14/h3-5,8,15H,6-7H2,1-2H3,(H,16,17). The number of nitrogens with one attached hydrogen (secondary N) is 2. The predicted octanol–water partition coefficient (Wildman–Crippen LogP) is 3.29. The Morgan fingerprint density at radius 3 is 2.76 bits per heavy atom. The van der Waals surface area contributed by atoms with Gasteiger partial charge in [0.25, 0.3) is 0 Å². The molecular formula is C12H16BrClN2O. The summed E-state index contributed by atoms with van der Waals surface area (Å²) in [5.74, 6) is 0.424. The Balaban J connectivity index is 2.42. The van der Waals surface area contributed by atoms with E-state index in [-0.39, 0.29) is 12.5 Å². The fourth-order valence-corrected chi connectivity index (χ4v) is 1.93. The summed E-state index contributed by atoms with van der Waals surface area (Å²) in [5.41, 5.74) is 0.759. The second-order valence-corrected chi connectivity index (χ2v) is 5.50. The van der Waals surface area contributed by atoms with Gasteiger partial charge in [-0.15, -0.1) is 0 Å². The second-order valence-electron chi connectivity index (χ2n) is 4.18. The monoisotopic (exact) mass is 318 g/mol. The predicted molar refractivity (Wildman–Crippen MR) is 75.5 cm³/mol. The molecule has 0 aromatic heterocycles. The van der Waals surface area contributed by atoms with Crippen molar-refractivity contribution in [2.45, 2.75) is 13.8 Å². The van der Waals surface area contributed by atoms with Gasteiger partial charge in [0.05, 0.1) is 17.3 Å². The van der Waals surface area contributed by atoms with E-state index in [9.17, 15) is 4.79 Å². The van der Waals surface area contributed by atoms with Crippen LogP contribution in [0.15, 0.2) is 22.7 Å². The maximum atomic E-state index is 11.5. The number of anilines is 1. The number of amides is 1. The fraction of sp³-hybridized carbons (Fsp3) is 0.417. The van der Waals surface area contributed by atoms with Gasteiger partial charge in [-0.05, 0) is 24.1 Å².